The average molecular weight is 228 g/mol. The number of carbonyl (C=O) groups excluding carboxylic acids is 2. The van der Waals surface area contributed by atoms with Gasteiger partial charge in [0.15, 0.2) is 0 Å². The van der Waals surface area contributed by atoms with Gasteiger partial charge < -0.3 is 15.4 Å². The molecule has 1 unspecified atom stereocenters. The lowest BCUT2D eigenvalue weighted by molar-refractivity contribution is -0.147. The molecular weight excluding hydrogens is 208 g/mol. The smallest absolute Gasteiger partial charge is 0.309 e. The van der Waals surface area contributed by atoms with Crippen LogP contribution in [0.2, 0.25) is 0 Å². The number of hydrogen-bond acceptors (Lipinski definition) is 4. The fourth-order valence-electron chi connectivity index (χ4n) is 1.28. The minimum atomic E-state index is -0.224. The highest BCUT2D eigenvalue weighted by Crippen LogP contribution is 2.18. The summed E-state index contributed by atoms with van der Waals surface area (Å²) in [6, 6.07) is 0.386. The Morgan fingerprint density at radius 2 is 2.12 bits per heavy atom. The summed E-state index contributed by atoms with van der Waals surface area (Å²) in [6.45, 7) is 4.69. The summed E-state index contributed by atoms with van der Waals surface area (Å²) in [7, 11) is 0. The van der Waals surface area contributed by atoms with Crippen LogP contribution >= 0.6 is 0 Å². The average Bonchev–Trinajstić information content (AvgIpc) is 3.01. The van der Waals surface area contributed by atoms with Crippen LogP contribution in [0.4, 0.5) is 0 Å². The van der Waals surface area contributed by atoms with Crippen molar-refractivity contribution in [2.75, 3.05) is 19.7 Å². The molecular formula is C11H20N2O3. The Morgan fingerprint density at radius 1 is 1.44 bits per heavy atom. The molecule has 5 nitrogen and oxygen atoms in total. The van der Waals surface area contributed by atoms with Crippen LogP contribution in [0, 0.1) is 5.92 Å². The van der Waals surface area contributed by atoms with E-state index in [0.29, 0.717) is 19.2 Å². The third kappa shape index (κ3) is 5.11. The summed E-state index contributed by atoms with van der Waals surface area (Å²) in [6.07, 6.45) is 2.18. The Morgan fingerprint density at radius 3 is 2.69 bits per heavy atom. The van der Waals surface area contributed by atoms with E-state index in [4.69, 9.17) is 4.74 Å². The number of hydrogen-bond donors (Lipinski definition) is 2. The SMILES string of the molecule is CCOC(=O)C(C)CNCC(=O)NC1CC1. The maximum absolute atomic E-state index is 11.3. The quantitative estimate of drug-likeness (QED) is 0.604. The second-order valence-electron chi connectivity index (χ2n) is 4.13. The van der Waals surface area contributed by atoms with Crippen molar-refractivity contribution >= 4 is 11.9 Å². The highest BCUT2D eigenvalue weighted by Gasteiger charge is 2.23. The molecule has 1 aliphatic rings. The standard InChI is InChI=1S/C11H20N2O3/c1-3-16-11(15)8(2)6-12-7-10(14)13-9-4-5-9/h8-9,12H,3-7H2,1-2H3,(H,13,14). The van der Waals surface area contributed by atoms with E-state index in [2.05, 4.69) is 10.6 Å². The summed E-state index contributed by atoms with van der Waals surface area (Å²) in [5.41, 5.74) is 0. The molecule has 0 saturated heterocycles. The Labute approximate surface area is 95.9 Å². The zero-order chi connectivity index (χ0) is 12.0. The van der Waals surface area contributed by atoms with Crippen molar-refractivity contribution in [1.82, 2.24) is 10.6 Å². The van der Waals surface area contributed by atoms with Gasteiger partial charge in [0.1, 0.15) is 0 Å². The van der Waals surface area contributed by atoms with E-state index in [-0.39, 0.29) is 24.3 Å². The highest BCUT2D eigenvalue weighted by atomic mass is 16.5. The molecule has 1 aliphatic carbocycles. The number of amides is 1. The van der Waals surface area contributed by atoms with Crippen LogP contribution in [-0.4, -0.2) is 37.6 Å². The van der Waals surface area contributed by atoms with Gasteiger partial charge in [0, 0.05) is 12.6 Å². The summed E-state index contributed by atoms with van der Waals surface area (Å²) in [4.78, 5) is 22.5. The number of carbonyl (C=O) groups is 2. The summed E-state index contributed by atoms with van der Waals surface area (Å²) < 4.78 is 4.86. The topological polar surface area (TPSA) is 67.4 Å². The Balaban J connectivity index is 2.04. The fourth-order valence-corrected chi connectivity index (χ4v) is 1.28. The lowest BCUT2D eigenvalue weighted by Gasteiger charge is -2.11. The third-order valence-electron chi connectivity index (χ3n) is 2.37. The van der Waals surface area contributed by atoms with Crippen molar-refractivity contribution in [3.8, 4) is 0 Å². The van der Waals surface area contributed by atoms with Crippen molar-refractivity contribution < 1.29 is 14.3 Å². The van der Waals surface area contributed by atoms with Gasteiger partial charge in [-0.05, 0) is 19.8 Å². The molecule has 0 spiro atoms. The van der Waals surface area contributed by atoms with E-state index in [1.807, 2.05) is 0 Å². The van der Waals surface area contributed by atoms with Gasteiger partial charge in [0.2, 0.25) is 5.91 Å². The molecule has 16 heavy (non-hydrogen) atoms. The van der Waals surface area contributed by atoms with E-state index in [1.165, 1.54) is 0 Å². The Bertz CT molecular complexity index is 252. The molecule has 0 bridgehead atoms. The van der Waals surface area contributed by atoms with Gasteiger partial charge in [-0.1, -0.05) is 6.92 Å². The molecule has 1 rings (SSSR count). The van der Waals surface area contributed by atoms with Crippen LogP contribution in [0.3, 0.4) is 0 Å². The van der Waals surface area contributed by atoms with Crippen LogP contribution in [0.25, 0.3) is 0 Å². The van der Waals surface area contributed by atoms with Crippen LogP contribution in [0.5, 0.6) is 0 Å². The first-order chi connectivity index (χ1) is 7.63. The summed E-state index contributed by atoms with van der Waals surface area (Å²) >= 11 is 0. The van der Waals surface area contributed by atoms with Crippen LogP contribution < -0.4 is 10.6 Å². The van der Waals surface area contributed by atoms with Crippen LogP contribution in [0.15, 0.2) is 0 Å². The van der Waals surface area contributed by atoms with Crippen molar-refractivity contribution in [3.63, 3.8) is 0 Å². The summed E-state index contributed by atoms with van der Waals surface area (Å²) in [5, 5.41) is 5.81. The first-order valence-electron chi connectivity index (χ1n) is 5.80. The van der Waals surface area contributed by atoms with Crippen molar-refractivity contribution in [2.24, 2.45) is 5.92 Å². The van der Waals surface area contributed by atoms with Crippen LogP contribution in [0.1, 0.15) is 26.7 Å². The van der Waals surface area contributed by atoms with Gasteiger partial charge in [-0.2, -0.15) is 0 Å². The second-order valence-corrected chi connectivity index (χ2v) is 4.13. The third-order valence-corrected chi connectivity index (χ3v) is 2.37. The molecule has 1 saturated carbocycles. The molecule has 0 heterocycles. The second kappa shape index (κ2) is 6.48. The number of esters is 1. The molecule has 1 fully saturated rings. The monoisotopic (exact) mass is 228 g/mol. The highest BCUT2D eigenvalue weighted by molar-refractivity contribution is 5.78. The van der Waals surface area contributed by atoms with E-state index < -0.39 is 0 Å². The van der Waals surface area contributed by atoms with Gasteiger partial charge in [0.25, 0.3) is 0 Å². The minimum Gasteiger partial charge on any atom is -0.466 e. The molecule has 1 atom stereocenters. The zero-order valence-electron chi connectivity index (χ0n) is 9.91. The Hall–Kier alpha value is -1.10. The molecule has 0 aromatic rings. The van der Waals surface area contributed by atoms with Crippen LogP contribution in [-0.2, 0) is 14.3 Å². The molecule has 0 aromatic carbocycles. The normalized spacial score (nSPS) is 16.6. The van der Waals surface area contributed by atoms with Crippen molar-refractivity contribution in [3.05, 3.63) is 0 Å². The molecule has 5 heteroatoms. The molecule has 1 amide bonds. The molecule has 0 aromatic heterocycles. The number of nitrogens with one attached hydrogen (secondary N) is 2. The lowest BCUT2D eigenvalue weighted by Crippen LogP contribution is -2.38. The van der Waals surface area contributed by atoms with E-state index >= 15 is 0 Å². The zero-order valence-corrected chi connectivity index (χ0v) is 9.91. The van der Waals surface area contributed by atoms with Crippen molar-refractivity contribution in [2.45, 2.75) is 32.7 Å². The number of rotatable bonds is 7. The van der Waals surface area contributed by atoms with E-state index in [0.717, 1.165) is 12.8 Å². The van der Waals surface area contributed by atoms with E-state index in [1.54, 1.807) is 13.8 Å². The maximum atomic E-state index is 11.3. The van der Waals surface area contributed by atoms with Gasteiger partial charge in [-0.3, -0.25) is 9.59 Å². The first-order valence-corrected chi connectivity index (χ1v) is 5.80. The maximum Gasteiger partial charge on any atom is 0.309 e. The van der Waals surface area contributed by atoms with Gasteiger partial charge in [0.05, 0.1) is 19.1 Å². The van der Waals surface area contributed by atoms with E-state index in [9.17, 15) is 9.59 Å². The fraction of sp³-hybridized carbons (Fsp3) is 0.818. The Kier molecular flexibility index (Phi) is 5.25. The minimum absolute atomic E-state index is 0.00133. The molecule has 92 valence electrons. The number of ether oxygens (including phenoxy) is 1. The van der Waals surface area contributed by atoms with Gasteiger partial charge in [-0.25, -0.2) is 0 Å². The summed E-state index contributed by atoms with van der Waals surface area (Å²) in [5.74, 6) is -0.440. The largest absolute Gasteiger partial charge is 0.466 e. The predicted molar refractivity (Wildman–Crippen MR) is 59.8 cm³/mol. The van der Waals surface area contributed by atoms with Gasteiger partial charge >= 0.3 is 5.97 Å². The molecule has 2 N–H and O–H groups in total. The molecule has 0 radical (unpaired) electrons. The lowest BCUT2D eigenvalue weighted by atomic mass is 10.2. The first kappa shape index (κ1) is 13.0. The molecule has 0 aliphatic heterocycles. The van der Waals surface area contributed by atoms with Crippen molar-refractivity contribution in [1.29, 1.82) is 0 Å². The predicted octanol–water partition coefficient (Wildman–Crippen LogP) is 0.0538. The van der Waals surface area contributed by atoms with Gasteiger partial charge in [-0.15, -0.1) is 0 Å².